The summed E-state index contributed by atoms with van der Waals surface area (Å²) < 4.78 is 0. The van der Waals surface area contributed by atoms with Crippen LogP contribution in [0.1, 0.15) is 39.6 Å². The van der Waals surface area contributed by atoms with Gasteiger partial charge in [-0.05, 0) is 78.7 Å². The Morgan fingerprint density at radius 1 is 0.814 bits per heavy atom. The average molecular weight is 614 g/mol. The van der Waals surface area contributed by atoms with Crippen LogP contribution in [0.25, 0.3) is 6.08 Å². The van der Waals surface area contributed by atoms with Crippen LogP contribution in [-0.4, -0.2) is 34.0 Å². The monoisotopic (exact) mass is 613 g/mol. The van der Waals surface area contributed by atoms with Crippen molar-refractivity contribution in [3.8, 4) is 0 Å². The number of thioether (sulfide) groups is 1. The number of carboxylic acids is 1. The summed E-state index contributed by atoms with van der Waals surface area (Å²) in [7, 11) is 0. The molecule has 0 radical (unpaired) electrons. The lowest BCUT2D eigenvalue weighted by Crippen LogP contribution is -2.30. The maximum absolute atomic E-state index is 13.4. The lowest BCUT2D eigenvalue weighted by Gasteiger charge is -2.16. The number of hydrogen-bond acceptors (Lipinski definition) is 5. The van der Waals surface area contributed by atoms with Crippen LogP contribution in [0.2, 0.25) is 5.02 Å². The number of anilines is 2. The van der Waals surface area contributed by atoms with Gasteiger partial charge < -0.3 is 21.1 Å². The van der Waals surface area contributed by atoms with Gasteiger partial charge in [-0.15, -0.1) is 11.8 Å². The van der Waals surface area contributed by atoms with Gasteiger partial charge in [0.1, 0.15) is 5.70 Å². The predicted octanol–water partition coefficient (Wildman–Crippen LogP) is 6.96. The summed E-state index contributed by atoms with van der Waals surface area (Å²) in [5.74, 6) is -2.35. The Morgan fingerprint density at radius 3 is 2.19 bits per heavy atom. The van der Waals surface area contributed by atoms with Gasteiger partial charge in [0, 0.05) is 26.9 Å². The molecule has 1 atom stereocenters. The number of carbonyl (C=O) groups excluding carboxylic acids is 3. The van der Waals surface area contributed by atoms with Crippen molar-refractivity contribution in [2.24, 2.45) is 0 Å². The predicted molar refractivity (Wildman–Crippen MR) is 170 cm³/mol. The molecule has 8 nitrogen and oxygen atoms in total. The van der Waals surface area contributed by atoms with E-state index in [0.717, 1.165) is 4.90 Å². The van der Waals surface area contributed by atoms with Gasteiger partial charge in [0.25, 0.3) is 11.8 Å². The van der Waals surface area contributed by atoms with Gasteiger partial charge in [0.15, 0.2) is 0 Å². The maximum Gasteiger partial charge on any atom is 0.335 e. The minimum Gasteiger partial charge on any atom is -0.478 e. The Kier molecular flexibility index (Phi) is 10.7. The molecule has 0 aliphatic carbocycles. The summed E-state index contributed by atoms with van der Waals surface area (Å²) in [6, 6.07) is 28.5. The van der Waals surface area contributed by atoms with E-state index in [1.165, 1.54) is 30.0 Å². The van der Waals surface area contributed by atoms with Crippen molar-refractivity contribution < 1.29 is 24.3 Å². The lowest BCUT2D eigenvalue weighted by atomic mass is 10.1. The van der Waals surface area contributed by atoms with Gasteiger partial charge in [0.2, 0.25) is 5.91 Å². The van der Waals surface area contributed by atoms with Crippen molar-refractivity contribution in [2.45, 2.75) is 23.5 Å². The van der Waals surface area contributed by atoms with Crippen LogP contribution < -0.4 is 16.0 Å². The first-order chi connectivity index (χ1) is 20.7. The number of halogens is 1. The molecule has 0 heterocycles. The Bertz CT molecular complexity index is 1680. The van der Waals surface area contributed by atoms with Crippen LogP contribution in [0.4, 0.5) is 11.4 Å². The van der Waals surface area contributed by atoms with Gasteiger partial charge in [0.05, 0.1) is 10.8 Å². The minimum absolute atomic E-state index is 0.0172. The standard InChI is InChI=1S/C33H28ClN3O5S/c1-2-29(32(40)36-25-14-7-12-23(19-25)33(41)42)43-27-16-8-15-26(20-27)35-31(39)28(18-21-9-6-13-24(34)17-21)37-30(38)22-10-4-3-5-11-22/h3-20,29H,2H2,1H3,(H,35,39)(H,36,40)(H,37,38)(H,41,42)/b28-18-. The number of carbonyl (C=O) groups is 4. The van der Waals surface area contributed by atoms with E-state index in [0.29, 0.717) is 33.9 Å². The smallest absolute Gasteiger partial charge is 0.335 e. The fourth-order valence-corrected chi connectivity index (χ4v) is 5.20. The molecule has 0 spiro atoms. The molecule has 0 aromatic heterocycles. The highest BCUT2D eigenvalue weighted by Crippen LogP contribution is 2.29. The molecule has 0 saturated carbocycles. The Hall–Kier alpha value is -4.86. The number of benzene rings is 4. The molecular formula is C33H28ClN3O5S. The van der Waals surface area contributed by atoms with Gasteiger partial charge in [-0.2, -0.15) is 0 Å². The van der Waals surface area contributed by atoms with E-state index >= 15 is 0 Å². The van der Waals surface area contributed by atoms with E-state index in [9.17, 15) is 24.3 Å². The summed E-state index contributed by atoms with van der Waals surface area (Å²) in [5, 5.41) is 17.5. The van der Waals surface area contributed by atoms with Crippen molar-refractivity contribution in [3.05, 3.63) is 131 Å². The molecule has 0 fully saturated rings. The number of aromatic carboxylic acids is 1. The highest BCUT2D eigenvalue weighted by atomic mass is 35.5. The highest BCUT2D eigenvalue weighted by Gasteiger charge is 2.20. The lowest BCUT2D eigenvalue weighted by molar-refractivity contribution is -0.116. The molecule has 4 N–H and O–H groups in total. The second kappa shape index (κ2) is 14.9. The maximum atomic E-state index is 13.4. The first kappa shape index (κ1) is 31.1. The van der Waals surface area contributed by atoms with Gasteiger partial charge >= 0.3 is 5.97 Å². The molecule has 0 aliphatic heterocycles. The van der Waals surface area contributed by atoms with Crippen molar-refractivity contribution in [1.82, 2.24) is 5.32 Å². The molecule has 10 heteroatoms. The molecule has 4 rings (SSSR count). The van der Waals surface area contributed by atoms with Crippen molar-refractivity contribution >= 4 is 64.5 Å². The van der Waals surface area contributed by atoms with E-state index in [1.54, 1.807) is 84.9 Å². The number of nitrogens with one attached hydrogen (secondary N) is 3. The molecule has 4 aromatic rings. The Morgan fingerprint density at radius 2 is 1.49 bits per heavy atom. The zero-order valence-corrected chi connectivity index (χ0v) is 24.6. The molecule has 0 bridgehead atoms. The second-order valence-corrected chi connectivity index (χ2v) is 11.0. The minimum atomic E-state index is -1.08. The van der Waals surface area contributed by atoms with Crippen LogP contribution in [-0.2, 0) is 9.59 Å². The van der Waals surface area contributed by atoms with Crippen LogP contribution in [0, 0.1) is 0 Å². The molecular weight excluding hydrogens is 586 g/mol. The Balaban J connectivity index is 1.49. The van der Waals surface area contributed by atoms with Crippen LogP contribution in [0.3, 0.4) is 0 Å². The van der Waals surface area contributed by atoms with Crippen molar-refractivity contribution in [3.63, 3.8) is 0 Å². The third-order valence-corrected chi connectivity index (χ3v) is 7.69. The van der Waals surface area contributed by atoms with E-state index in [-0.39, 0.29) is 17.2 Å². The topological polar surface area (TPSA) is 125 Å². The van der Waals surface area contributed by atoms with Gasteiger partial charge in [-0.1, -0.05) is 61.0 Å². The second-order valence-electron chi connectivity index (χ2n) is 9.31. The molecule has 3 amide bonds. The number of amides is 3. The van der Waals surface area contributed by atoms with Crippen LogP contribution in [0.5, 0.6) is 0 Å². The normalized spacial score (nSPS) is 11.7. The summed E-state index contributed by atoms with van der Waals surface area (Å²) in [5.41, 5.74) is 1.96. The van der Waals surface area contributed by atoms with Gasteiger partial charge in [-0.3, -0.25) is 14.4 Å². The van der Waals surface area contributed by atoms with Crippen LogP contribution >= 0.6 is 23.4 Å². The van der Waals surface area contributed by atoms with E-state index in [1.807, 2.05) is 13.0 Å². The third kappa shape index (κ3) is 9.06. The first-order valence-corrected chi connectivity index (χ1v) is 14.5. The Labute approximate surface area is 258 Å². The zero-order chi connectivity index (χ0) is 30.8. The first-order valence-electron chi connectivity index (χ1n) is 13.3. The number of hydrogen-bond donors (Lipinski definition) is 4. The number of rotatable bonds is 11. The summed E-state index contributed by atoms with van der Waals surface area (Å²) in [6.45, 7) is 1.87. The molecule has 1 unspecified atom stereocenters. The highest BCUT2D eigenvalue weighted by molar-refractivity contribution is 8.00. The summed E-state index contributed by atoms with van der Waals surface area (Å²) in [4.78, 5) is 51.3. The quantitative estimate of drug-likeness (QED) is 0.107. The molecule has 43 heavy (non-hydrogen) atoms. The number of carboxylic acid groups (broad SMARTS) is 1. The van der Waals surface area contributed by atoms with Crippen molar-refractivity contribution in [2.75, 3.05) is 10.6 Å². The largest absolute Gasteiger partial charge is 0.478 e. The van der Waals surface area contributed by atoms with E-state index in [2.05, 4.69) is 16.0 Å². The molecule has 0 aliphatic rings. The summed E-state index contributed by atoms with van der Waals surface area (Å²) >= 11 is 7.44. The van der Waals surface area contributed by atoms with E-state index in [4.69, 9.17) is 11.6 Å². The van der Waals surface area contributed by atoms with Crippen molar-refractivity contribution in [1.29, 1.82) is 0 Å². The molecule has 0 saturated heterocycles. The van der Waals surface area contributed by atoms with Crippen LogP contribution in [0.15, 0.2) is 114 Å². The fraction of sp³-hybridized carbons (Fsp3) is 0.0909. The molecule has 218 valence electrons. The van der Waals surface area contributed by atoms with E-state index < -0.39 is 23.0 Å². The summed E-state index contributed by atoms with van der Waals surface area (Å²) in [6.07, 6.45) is 2.04. The zero-order valence-electron chi connectivity index (χ0n) is 23.0. The van der Waals surface area contributed by atoms with Gasteiger partial charge in [-0.25, -0.2) is 4.79 Å². The third-order valence-electron chi connectivity index (χ3n) is 6.10. The fourth-order valence-electron chi connectivity index (χ4n) is 3.99. The average Bonchev–Trinajstić information content (AvgIpc) is 3.00. The SMILES string of the molecule is CCC(Sc1cccc(NC(=O)/C(=C/c2cccc(Cl)c2)NC(=O)c2ccccc2)c1)C(=O)Nc1cccc(C(=O)O)c1. The molecule has 4 aromatic carbocycles.